The van der Waals surface area contributed by atoms with Gasteiger partial charge in [-0.05, 0) is 30.3 Å². The molecule has 0 saturated heterocycles. The number of aryl methyl sites for hydroxylation is 1. The van der Waals surface area contributed by atoms with E-state index in [-0.39, 0.29) is 11.4 Å². The van der Waals surface area contributed by atoms with Gasteiger partial charge in [0.05, 0.1) is 35.9 Å². The van der Waals surface area contributed by atoms with Crippen molar-refractivity contribution >= 4 is 52.8 Å². The molecule has 0 aliphatic heterocycles. The van der Waals surface area contributed by atoms with Crippen molar-refractivity contribution in [2.24, 2.45) is 7.05 Å². The summed E-state index contributed by atoms with van der Waals surface area (Å²) in [5, 5.41) is 18.1. The average molecular weight is 503 g/mol. The number of halogens is 1. The number of benzene rings is 2. The van der Waals surface area contributed by atoms with Crippen LogP contribution in [0.1, 0.15) is 26.3 Å². The maximum atomic E-state index is 13.0. The molecule has 12 heteroatoms. The lowest BCUT2D eigenvalue weighted by Gasteiger charge is -2.14. The molecule has 10 nitrogen and oxygen atoms in total. The summed E-state index contributed by atoms with van der Waals surface area (Å²) in [6.45, 7) is 0. The monoisotopic (exact) mass is 502 g/mol. The quantitative estimate of drug-likeness (QED) is 0.140. The minimum absolute atomic E-state index is 0.167. The third-order valence-electron chi connectivity index (χ3n) is 4.67. The molecule has 178 valence electrons. The van der Waals surface area contributed by atoms with Crippen LogP contribution in [0.15, 0.2) is 53.6 Å². The van der Waals surface area contributed by atoms with Gasteiger partial charge in [-0.15, -0.1) is 0 Å². The fourth-order valence-electron chi connectivity index (χ4n) is 2.90. The summed E-state index contributed by atoms with van der Waals surface area (Å²) in [5.41, 5.74) is 1.66. The maximum Gasteiger partial charge on any atom is 0.261 e. The number of aromatic nitrogens is 2. The predicted octanol–water partition coefficient (Wildman–Crippen LogP) is 4.05. The van der Waals surface area contributed by atoms with E-state index in [2.05, 4.69) is 20.6 Å². The van der Waals surface area contributed by atoms with E-state index < -0.39 is 11.8 Å². The van der Waals surface area contributed by atoms with Crippen LogP contribution in [0.2, 0.25) is 5.02 Å². The van der Waals surface area contributed by atoms with Gasteiger partial charge < -0.3 is 15.5 Å². The molecule has 0 spiro atoms. The summed E-state index contributed by atoms with van der Waals surface area (Å²) in [7, 11) is 6.52. The molecule has 1 aromatic heterocycles. The molecule has 0 aliphatic carbocycles. The lowest BCUT2D eigenvalue weighted by Crippen LogP contribution is -2.22. The number of carbonyl (C=O) groups is 2. The van der Waals surface area contributed by atoms with E-state index in [1.54, 1.807) is 68.5 Å². The predicted molar refractivity (Wildman–Crippen MR) is 131 cm³/mol. The molecule has 0 aliphatic rings. The minimum atomic E-state index is -0.486. The lowest BCUT2D eigenvalue weighted by molar-refractivity contribution is -0.160. The van der Waals surface area contributed by atoms with Gasteiger partial charge in [0.1, 0.15) is 17.2 Å². The average Bonchev–Trinajstić information content (AvgIpc) is 3.18. The number of anilines is 2. The highest BCUT2D eigenvalue weighted by molar-refractivity contribution is 7.94. The van der Waals surface area contributed by atoms with Crippen molar-refractivity contribution in [3.05, 3.63) is 70.4 Å². The third kappa shape index (κ3) is 5.94. The molecule has 3 aromatic rings. The van der Waals surface area contributed by atoms with E-state index in [0.29, 0.717) is 32.6 Å². The van der Waals surface area contributed by atoms with Crippen molar-refractivity contribution in [1.82, 2.24) is 14.7 Å². The van der Waals surface area contributed by atoms with Gasteiger partial charge in [0.25, 0.3) is 11.8 Å². The number of amides is 2. The number of amidine groups is 1. The van der Waals surface area contributed by atoms with Crippen molar-refractivity contribution < 1.29 is 18.8 Å². The Balaban J connectivity index is 1.78. The van der Waals surface area contributed by atoms with E-state index in [0.717, 1.165) is 12.0 Å². The Kier molecular flexibility index (Phi) is 8.29. The fourth-order valence-corrected chi connectivity index (χ4v) is 3.66. The highest BCUT2D eigenvalue weighted by Crippen LogP contribution is 2.31. The summed E-state index contributed by atoms with van der Waals surface area (Å²) in [4.78, 5) is 32.6. The van der Waals surface area contributed by atoms with Gasteiger partial charge in [0, 0.05) is 37.3 Å². The standard InChI is InChI=1S/C22H23ClN6O4S/c1-28(2)19(24)13-5-7-14(8-6-13)21(30)27-20-16(12-25-29(20)3)22(31)26-17-10-9-15(23)11-18(17)34-33-32-4/h5-12,24H,1-4H3,(H,26,31)(H,27,30). The number of hydrogen-bond acceptors (Lipinski definition) is 7. The molecule has 0 radical (unpaired) electrons. The fraction of sp³-hybridized carbons (Fsp3) is 0.182. The number of carbonyl (C=O) groups excluding carboxylic acids is 2. The van der Waals surface area contributed by atoms with E-state index >= 15 is 0 Å². The van der Waals surface area contributed by atoms with Gasteiger partial charge in [-0.25, -0.2) is 4.89 Å². The Hall–Kier alpha value is -3.38. The van der Waals surface area contributed by atoms with Crippen molar-refractivity contribution in [2.75, 3.05) is 31.8 Å². The molecule has 0 fully saturated rings. The molecule has 0 atom stereocenters. The lowest BCUT2D eigenvalue weighted by atomic mass is 10.1. The first kappa shape index (κ1) is 25.2. The second kappa shape index (κ2) is 11.2. The topological polar surface area (TPSA) is 122 Å². The summed E-state index contributed by atoms with van der Waals surface area (Å²) >= 11 is 6.93. The number of nitrogens with one attached hydrogen (secondary N) is 3. The van der Waals surface area contributed by atoms with Crippen LogP contribution < -0.4 is 10.6 Å². The Morgan fingerprint density at radius 3 is 2.41 bits per heavy atom. The molecule has 34 heavy (non-hydrogen) atoms. The number of rotatable bonds is 8. The highest BCUT2D eigenvalue weighted by atomic mass is 35.5. The molecule has 2 amide bonds. The summed E-state index contributed by atoms with van der Waals surface area (Å²) in [5.74, 6) is -0.353. The Morgan fingerprint density at radius 1 is 1.09 bits per heavy atom. The SMILES string of the molecule is COOSc1cc(Cl)ccc1NC(=O)c1cnn(C)c1NC(=O)c1ccc(C(=N)N(C)C)cc1. The van der Waals surface area contributed by atoms with Gasteiger partial charge in [0.2, 0.25) is 0 Å². The van der Waals surface area contributed by atoms with Crippen molar-refractivity contribution in [1.29, 1.82) is 5.41 Å². The molecule has 2 aromatic carbocycles. The van der Waals surface area contributed by atoms with Crippen LogP contribution in [-0.2, 0) is 16.3 Å². The van der Waals surface area contributed by atoms with Gasteiger partial charge in [0.15, 0.2) is 0 Å². The van der Waals surface area contributed by atoms with Crippen LogP contribution in [0.3, 0.4) is 0 Å². The van der Waals surface area contributed by atoms with Gasteiger partial charge in [-0.1, -0.05) is 23.7 Å². The second-order valence-corrected chi connectivity index (χ2v) is 8.40. The van der Waals surface area contributed by atoms with E-state index in [9.17, 15) is 9.59 Å². The zero-order chi connectivity index (χ0) is 24.8. The highest BCUT2D eigenvalue weighted by Gasteiger charge is 2.20. The number of nitrogens with zero attached hydrogens (tertiary/aromatic N) is 3. The van der Waals surface area contributed by atoms with Crippen molar-refractivity contribution in [3.8, 4) is 0 Å². The second-order valence-electron chi connectivity index (χ2n) is 7.22. The van der Waals surface area contributed by atoms with Crippen molar-refractivity contribution in [3.63, 3.8) is 0 Å². The molecule has 1 heterocycles. The van der Waals surface area contributed by atoms with E-state index in [1.165, 1.54) is 18.0 Å². The molecular formula is C22H23ClN6O4S. The Morgan fingerprint density at radius 2 is 1.76 bits per heavy atom. The van der Waals surface area contributed by atoms with Crippen molar-refractivity contribution in [2.45, 2.75) is 4.90 Å². The summed E-state index contributed by atoms with van der Waals surface area (Å²) in [6, 6.07) is 11.5. The largest absolute Gasteiger partial charge is 0.363 e. The zero-order valence-corrected chi connectivity index (χ0v) is 20.5. The van der Waals surface area contributed by atoms with Crippen LogP contribution in [0, 0.1) is 5.41 Å². The van der Waals surface area contributed by atoms with Crippen LogP contribution in [-0.4, -0.2) is 53.5 Å². The van der Waals surface area contributed by atoms with Gasteiger partial charge >= 0.3 is 0 Å². The maximum absolute atomic E-state index is 13.0. The first-order valence-electron chi connectivity index (χ1n) is 9.89. The van der Waals surface area contributed by atoms with Crippen LogP contribution >= 0.6 is 23.6 Å². The first-order valence-corrected chi connectivity index (χ1v) is 11.0. The van der Waals surface area contributed by atoms with Crippen LogP contribution in [0.5, 0.6) is 0 Å². The van der Waals surface area contributed by atoms with Crippen LogP contribution in [0.4, 0.5) is 11.5 Å². The van der Waals surface area contributed by atoms with Gasteiger partial charge in [-0.3, -0.25) is 19.7 Å². The van der Waals surface area contributed by atoms with Crippen LogP contribution in [0.25, 0.3) is 0 Å². The molecule has 0 bridgehead atoms. The van der Waals surface area contributed by atoms with Gasteiger partial charge in [-0.2, -0.15) is 9.43 Å². The Labute approximate surface area is 205 Å². The molecule has 3 rings (SSSR count). The first-order chi connectivity index (χ1) is 16.2. The molecule has 0 saturated carbocycles. The zero-order valence-electron chi connectivity index (χ0n) is 18.9. The summed E-state index contributed by atoms with van der Waals surface area (Å²) in [6.07, 6.45) is 1.36. The minimum Gasteiger partial charge on any atom is -0.363 e. The summed E-state index contributed by atoms with van der Waals surface area (Å²) < 4.78 is 6.28. The van der Waals surface area contributed by atoms with E-state index in [4.69, 9.17) is 21.3 Å². The van der Waals surface area contributed by atoms with E-state index in [1.807, 2.05) is 0 Å². The smallest absolute Gasteiger partial charge is 0.261 e. The molecule has 3 N–H and O–H groups in total. The molecular weight excluding hydrogens is 480 g/mol. The number of hydrogen-bond donors (Lipinski definition) is 3. The Bertz CT molecular complexity index is 1210. The molecule has 0 unspecified atom stereocenters. The normalized spacial score (nSPS) is 10.6. The third-order valence-corrected chi connectivity index (χ3v) is 5.62.